The molecule has 1 aliphatic heterocycles. The highest BCUT2D eigenvalue weighted by atomic mass is 16.4. The Labute approximate surface area is 132 Å². The van der Waals surface area contributed by atoms with Crippen molar-refractivity contribution in [1.29, 1.82) is 0 Å². The molecule has 124 valence electrons. The fourth-order valence-corrected chi connectivity index (χ4v) is 2.81. The van der Waals surface area contributed by atoms with Gasteiger partial charge in [-0.25, -0.2) is 4.79 Å². The average Bonchev–Trinajstić information content (AvgIpc) is 2.68. The van der Waals surface area contributed by atoms with E-state index in [-0.39, 0.29) is 5.92 Å². The van der Waals surface area contributed by atoms with Gasteiger partial charge in [0.1, 0.15) is 6.04 Å². The predicted octanol–water partition coefficient (Wildman–Crippen LogP) is 3.14. The molecule has 0 fully saturated rings. The number of carbonyl (C=O) groups is 3. The molecule has 5 nitrogen and oxygen atoms in total. The number of nitrogens with zero attached hydrogens (tertiary/aromatic N) is 1. The maximum Gasteiger partial charge on any atom is 0.327 e. The highest BCUT2D eigenvalue weighted by Gasteiger charge is 2.44. The normalized spacial score (nSPS) is 18.1. The van der Waals surface area contributed by atoms with Gasteiger partial charge >= 0.3 is 5.97 Å². The minimum atomic E-state index is -1.11. The number of rotatable bonds is 9. The number of unbranched alkanes of at least 4 members (excludes halogenated alkanes) is 3. The SMILES string of the molecule is CCCCCCC1=C(C)C(=O)N([C@H](C(=O)O)[C@@H](C)CC)C1=O. The van der Waals surface area contributed by atoms with Crippen molar-refractivity contribution in [2.24, 2.45) is 5.92 Å². The minimum Gasteiger partial charge on any atom is -0.480 e. The summed E-state index contributed by atoms with van der Waals surface area (Å²) in [7, 11) is 0. The van der Waals surface area contributed by atoms with Gasteiger partial charge in [-0.2, -0.15) is 0 Å². The first-order chi connectivity index (χ1) is 10.4. The number of imide groups is 1. The number of carbonyl (C=O) groups excluding carboxylic acids is 2. The van der Waals surface area contributed by atoms with E-state index in [2.05, 4.69) is 6.92 Å². The monoisotopic (exact) mass is 309 g/mol. The molecule has 0 radical (unpaired) electrons. The Kier molecular flexibility index (Phi) is 6.78. The lowest BCUT2D eigenvalue weighted by atomic mass is 9.97. The van der Waals surface area contributed by atoms with E-state index < -0.39 is 23.8 Å². The van der Waals surface area contributed by atoms with Crippen LogP contribution >= 0.6 is 0 Å². The summed E-state index contributed by atoms with van der Waals surface area (Å²) in [5.41, 5.74) is 0.909. The first kappa shape index (κ1) is 18.4. The van der Waals surface area contributed by atoms with Crippen LogP contribution in [0, 0.1) is 5.92 Å². The molecule has 1 heterocycles. The van der Waals surface area contributed by atoms with Gasteiger partial charge in [0.25, 0.3) is 11.8 Å². The maximum atomic E-state index is 12.5. The topological polar surface area (TPSA) is 74.7 Å². The summed E-state index contributed by atoms with van der Waals surface area (Å²) < 4.78 is 0. The van der Waals surface area contributed by atoms with Crippen LogP contribution in [-0.2, 0) is 14.4 Å². The molecule has 1 rings (SSSR count). The van der Waals surface area contributed by atoms with Crippen molar-refractivity contribution in [3.05, 3.63) is 11.1 Å². The van der Waals surface area contributed by atoms with Crippen molar-refractivity contribution in [2.75, 3.05) is 0 Å². The fraction of sp³-hybridized carbons (Fsp3) is 0.706. The van der Waals surface area contributed by atoms with Gasteiger partial charge in [0.15, 0.2) is 0 Å². The molecular formula is C17H27NO4. The lowest BCUT2D eigenvalue weighted by Crippen LogP contribution is -2.49. The van der Waals surface area contributed by atoms with Crippen LogP contribution in [0.5, 0.6) is 0 Å². The second-order valence-corrected chi connectivity index (χ2v) is 6.06. The van der Waals surface area contributed by atoms with Crippen LogP contribution in [0.15, 0.2) is 11.1 Å². The molecule has 0 aliphatic carbocycles. The van der Waals surface area contributed by atoms with Gasteiger partial charge in [0.2, 0.25) is 0 Å². The number of hydrogen-bond donors (Lipinski definition) is 1. The second kappa shape index (κ2) is 8.11. The Balaban J connectivity index is 2.92. The number of carboxylic acid groups (broad SMARTS) is 1. The molecule has 0 aromatic carbocycles. The van der Waals surface area contributed by atoms with Gasteiger partial charge in [-0.15, -0.1) is 0 Å². The second-order valence-electron chi connectivity index (χ2n) is 6.06. The van der Waals surface area contributed by atoms with Gasteiger partial charge in [0.05, 0.1) is 0 Å². The summed E-state index contributed by atoms with van der Waals surface area (Å²) in [5.74, 6) is -2.23. The molecule has 1 N–H and O–H groups in total. The lowest BCUT2D eigenvalue weighted by Gasteiger charge is -2.27. The van der Waals surface area contributed by atoms with E-state index in [0.717, 1.165) is 30.6 Å². The van der Waals surface area contributed by atoms with E-state index in [9.17, 15) is 19.5 Å². The Morgan fingerprint density at radius 1 is 1.14 bits per heavy atom. The van der Waals surface area contributed by atoms with E-state index in [1.165, 1.54) is 0 Å². The zero-order valence-electron chi connectivity index (χ0n) is 14.0. The molecule has 0 unspecified atom stereocenters. The van der Waals surface area contributed by atoms with Crippen molar-refractivity contribution >= 4 is 17.8 Å². The van der Waals surface area contributed by atoms with Crippen LogP contribution < -0.4 is 0 Å². The van der Waals surface area contributed by atoms with E-state index in [4.69, 9.17) is 0 Å². The van der Waals surface area contributed by atoms with Gasteiger partial charge in [-0.3, -0.25) is 14.5 Å². The molecule has 5 heteroatoms. The van der Waals surface area contributed by atoms with Crippen LogP contribution in [0.25, 0.3) is 0 Å². The van der Waals surface area contributed by atoms with Gasteiger partial charge < -0.3 is 5.11 Å². The van der Waals surface area contributed by atoms with Crippen molar-refractivity contribution < 1.29 is 19.5 Å². The van der Waals surface area contributed by atoms with Crippen molar-refractivity contribution in [3.63, 3.8) is 0 Å². The van der Waals surface area contributed by atoms with Crippen molar-refractivity contribution in [1.82, 2.24) is 4.90 Å². The molecule has 0 aromatic heterocycles. The standard InChI is InChI=1S/C17H27NO4/c1-5-7-8-9-10-13-12(4)15(19)18(16(13)20)14(17(21)22)11(3)6-2/h11,14H,5-10H2,1-4H3,(H,21,22)/t11-,14-/m0/s1. The maximum absolute atomic E-state index is 12.5. The molecule has 0 spiro atoms. The minimum absolute atomic E-state index is 0.266. The highest BCUT2D eigenvalue weighted by Crippen LogP contribution is 2.29. The van der Waals surface area contributed by atoms with E-state index in [1.54, 1.807) is 13.8 Å². The molecular weight excluding hydrogens is 282 g/mol. The van der Waals surface area contributed by atoms with Crippen molar-refractivity contribution in [2.45, 2.75) is 72.3 Å². The number of carboxylic acids is 1. The molecule has 0 saturated heterocycles. The summed E-state index contributed by atoms with van der Waals surface area (Å²) in [6, 6.07) is -1.08. The zero-order valence-corrected chi connectivity index (χ0v) is 14.0. The largest absolute Gasteiger partial charge is 0.480 e. The Morgan fingerprint density at radius 2 is 1.77 bits per heavy atom. The van der Waals surface area contributed by atoms with Crippen LogP contribution in [0.4, 0.5) is 0 Å². The van der Waals surface area contributed by atoms with E-state index in [1.807, 2.05) is 6.92 Å². The summed E-state index contributed by atoms with van der Waals surface area (Å²) in [5, 5.41) is 9.42. The molecule has 2 amide bonds. The first-order valence-corrected chi connectivity index (χ1v) is 8.17. The molecule has 1 aliphatic rings. The van der Waals surface area contributed by atoms with Crippen LogP contribution in [-0.4, -0.2) is 33.8 Å². The third kappa shape index (κ3) is 3.76. The smallest absolute Gasteiger partial charge is 0.327 e. The van der Waals surface area contributed by atoms with Crippen molar-refractivity contribution in [3.8, 4) is 0 Å². The Morgan fingerprint density at radius 3 is 2.27 bits per heavy atom. The van der Waals surface area contributed by atoms with Crippen LogP contribution in [0.3, 0.4) is 0 Å². The van der Waals surface area contributed by atoms with E-state index in [0.29, 0.717) is 24.0 Å². The number of amides is 2. The quantitative estimate of drug-likeness (QED) is 0.524. The number of aliphatic carboxylic acids is 1. The Bertz CT molecular complexity index is 481. The summed E-state index contributed by atoms with van der Waals surface area (Å²) >= 11 is 0. The first-order valence-electron chi connectivity index (χ1n) is 8.17. The Hall–Kier alpha value is -1.65. The number of hydrogen-bond acceptors (Lipinski definition) is 3. The van der Waals surface area contributed by atoms with Gasteiger partial charge in [-0.05, 0) is 25.7 Å². The molecule has 2 atom stereocenters. The highest BCUT2D eigenvalue weighted by molar-refractivity contribution is 6.20. The van der Waals surface area contributed by atoms with Gasteiger partial charge in [-0.1, -0.05) is 46.5 Å². The lowest BCUT2D eigenvalue weighted by molar-refractivity contribution is -0.156. The molecule has 0 aromatic rings. The third-order valence-electron chi connectivity index (χ3n) is 4.46. The van der Waals surface area contributed by atoms with Crippen LogP contribution in [0.1, 0.15) is 66.2 Å². The third-order valence-corrected chi connectivity index (χ3v) is 4.46. The zero-order chi connectivity index (χ0) is 16.9. The molecule has 22 heavy (non-hydrogen) atoms. The molecule has 0 bridgehead atoms. The fourth-order valence-electron chi connectivity index (χ4n) is 2.81. The van der Waals surface area contributed by atoms with Crippen LogP contribution in [0.2, 0.25) is 0 Å². The molecule has 0 saturated carbocycles. The van der Waals surface area contributed by atoms with E-state index >= 15 is 0 Å². The predicted molar refractivity (Wildman–Crippen MR) is 84.2 cm³/mol. The van der Waals surface area contributed by atoms with Gasteiger partial charge in [0, 0.05) is 11.1 Å². The summed E-state index contributed by atoms with van der Waals surface area (Å²) in [6.07, 6.45) is 5.23. The average molecular weight is 309 g/mol. The summed E-state index contributed by atoms with van der Waals surface area (Å²) in [6.45, 7) is 7.36. The summed E-state index contributed by atoms with van der Waals surface area (Å²) in [4.78, 5) is 37.4.